The van der Waals surface area contributed by atoms with E-state index in [0.29, 0.717) is 5.88 Å². The lowest BCUT2D eigenvalue weighted by molar-refractivity contribution is 0.959. The van der Waals surface area contributed by atoms with Crippen LogP contribution in [-0.4, -0.2) is 9.55 Å². The molecule has 0 unspecified atom stereocenters. The van der Waals surface area contributed by atoms with Gasteiger partial charge in [0.1, 0.15) is 5.82 Å². The summed E-state index contributed by atoms with van der Waals surface area (Å²) in [4.78, 5) is 4.69. The van der Waals surface area contributed by atoms with Crippen molar-refractivity contribution in [3.63, 3.8) is 0 Å². The number of hydrogen-bond acceptors (Lipinski definition) is 1. The van der Waals surface area contributed by atoms with E-state index in [1.807, 2.05) is 12.1 Å². The van der Waals surface area contributed by atoms with Crippen LogP contribution in [0.25, 0.3) is 16.7 Å². The molecule has 21 heavy (non-hydrogen) atoms. The number of fused-ring (bicyclic) bond motifs is 1. The van der Waals surface area contributed by atoms with Gasteiger partial charge in [-0.25, -0.2) is 4.98 Å². The molecule has 4 heteroatoms. The van der Waals surface area contributed by atoms with Crippen molar-refractivity contribution in [2.75, 3.05) is 0 Å². The Hall–Kier alpha value is -1.32. The first-order valence-corrected chi connectivity index (χ1v) is 8.15. The number of imidazole rings is 1. The van der Waals surface area contributed by atoms with E-state index < -0.39 is 0 Å². The fourth-order valence-electron chi connectivity index (χ4n) is 2.93. The minimum absolute atomic E-state index is 0.392. The molecule has 3 aromatic rings. The summed E-state index contributed by atoms with van der Waals surface area (Å²) in [6, 6.07) is 10.4. The van der Waals surface area contributed by atoms with Crippen LogP contribution in [0.3, 0.4) is 0 Å². The lowest BCUT2D eigenvalue weighted by atomic mass is 10.1. The number of rotatable bonds is 2. The Balaban J connectivity index is 2.45. The third-order valence-corrected chi connectivity index (χ3v) is 4.44. The Morgan fingerprint density at radius 2 is 1.76 bits per heavy atom. The number of para-hydroxylation sites is 1. The number of aromatic nitrogens is 2. The molecule has 0 aliphatic carbocycles. The summed E-state index contributed by atoms with van der Waals surface area (Å²) in [5.74, 6) is 1.28. The van der Waals surface area contributed by atoms with Crippen LogP contribution >= 0.6 is 27.5 Å². The van der Waals surface area contributed by atoms with E-state index in [-0.39, 0.29) is 0 Å². The predicted molar refractivity (Wildman–Crippen MR) is 92.5 cm³/mol. The molecule has 0 amide bonds. The van der Waals surface area contributed by atoms with Crippen molar-refractivity contribution in [1.29, 1.82) is 0 Å². The van der Waals surface area contributed by atoms with Gasteiger partial charge in [-0.05, 0) is 55.7 Å². The second-order valence-corrected chi connectivity index (χ2v) is 6.51. The average molecular weight is 364 g/mol. The molecular weight excluding hydrogens is 348 g/mol. The summed E-state index contributed by atoms with van der Waals surface area (Å²) in [5, 5.41) is 0. The highest BCUT2D eigenvalue weighted by molar-refractivity contribution is 9.10. The molecule has 0 atom stereocenters. The van der Waals surface area contributed by atoms with E-state index in [4.69, 9.17) is 16.6 Å². The molecule has 0 aliphatic heterocycles. The Labute approximate surface area is 137 Å². The third kappa shape index (κ3) is 2.39. The topological polar surface area (TPSA) is 17.8 Å². The standard InChI is InChI=1S/C17H16BrClN2/c1-10-5-4-6-14-17(10)21(15(9-19)20-14)16-11(2)7-13(18)8-12(16)3/h4-8H,9H2,1-3H3. The second kappa shape index (κ2) is 5.47. The van der Waals surface area contributed by atoms with Crippen LogP contribution in [0.1, 0.15) is 22.5 Å². The van der Waals surface area contributed by atoms with Crippen LogP contribution in [0.2, 0.25) is 0 Å². The molecule has 0 fully saturated rings. The van der Waals surface area contributed by atoms with E-state index in [1.54, 1.807) is 0 Å². The first-order valence-electron chi connectivity index (χ1n) is 6.83. The summed E-state index contributed by atoms with van der Waals surface area (Å²) in [7, 11) is 0. The third-order valence-electron chi connectivity index (χ3n) is 3.75. The summed E-state index contributed by atoms with van der Waals surface area (Å²) < 4.78 is 3.30. The van der Waals surface area contributed by atoms with Crippen LogP contribution in [0.15, 0.2) is 34.8 Å². The first kappa shape index (κ1) is 14.6. The smallest absolute Gasteiger partial charge is 0.129 e. The van der Waals surface area contributed by atoms with Crippen molar-refractivity contribution in [3.8, 4) is 5.69 Å². The summed E-state index contributed by atoms with van der Waals surface area (Å²) in [6.45, 7) is 6.35. The Morgan fingerprint density at radius 1 is 1.10 bits per heavy atom. The zero-order chi connectivity index (χ0) is 15.1. The molecule has 0 saturated heterocycles. The van der Waals surface area contributed by atoms with Crippen LogP contribution in [0.5, 0.6) is 0 Å². The minimum Gasteiger partial charge on any atom is -0.294 e. The fourth-order valence-corrected chi connectivity index (χ4v) is 3.79. The first-order chi connectivity index (χ1) is 10.0. The van der Waals surface area contributed by atoms with Crippen LogP contribution < -0.4 is 0 Å². The molecule has 2 nitrogen and oxygen atoms in total. The molecule has 0 aliphatic rings. The van der Waals surface area contributed by atoms with E-state index in [2.05, 4.69) is 59.5 Å². The summed E-state index contributed by atoms with van der Waals surface area (Å²) in [5.41, 5.74) is 6.92. The Bertz CT molecular complexity index is 813. The number of hydrogen-bond donors (Lipinski definition) is 0. The van der Waals surface area contributed by atoms with Gasteiger partial charge < -0.3 is 0 Å². The highest BCUT2D eigenvalue weighted by Gasteiger charge is 2.16. The van der Waals surface area contributed by atoms with Gasteiger partial charge in [-0.15, -0.1) is 11.6 Å². The van der Waals surface area contributed by atoms with Crippen molar-refractivity contribution < 1.29 is 0 Å². The van der Waals surface area contributed by atoms with Gasteiger partial charge in [0, 0.05) is 4.47 Å². The monoisotopic (exact) mass is 362 g/mol. The van der Waals surface area contributed by atoms with Crippen LogP contribution in [0.4, 0.5) is 0 Å². The zero-order valence-corrected chi connectivity index (χ0v) is 14.6. The average Bonchev–Trinajstić information content (AvgIpc) is 2.78. The van der Waals surface area contributed by atoms with E-state index in [0.717, 1.165) is 21.3 Å². The maximum absolute atomic E-state index is 6.15. The van der Waals surface area contributed by atoms with Gasteiger partial charge in [0.25, 0.3) is 0 Å². The van der Waals surface area contributed by atoms with Crippen molar-refractivity contribution in [3.05, 3.63) is 57.3 Å². The SMILES string of the molecule is Cc1cc(Br)cc(C)c1-n1c(CCl)nc2cccc(C)c21. The largest absolute Gasteiger partial charge is 0.294 e. The van der Waals surface area contributed by atoms with Gasteiger partial charge in [0.2, 0.25) is 0 Å². The highest BCUT2D eigenvalue weighted by Crippen LogP contribution is 2.31. The maximum atomic E-state index is 6.15. The quantitative estimate of drug-likeness (QED) is 0.553. The van der Waals surface area contributed by atoms with Gasteiger partial charge in [-0.1, -0.05) is 28.1 Å². The lowest BCUT2D eigenvalue weighted by Gasteiger charge is -2.16. The number of aryl methyl sites for hydroxylation is 3. The van der Waals surface area contributed by atoms with Crippen LogP contribution in [0, 0.1) is 20.8 Å². The molecular formula is C17H16BrClN2. The normalized spacial score (nSPS) is 11.3. The molecule has 2 aromatic carbocycles. The van der Waals surface area contributed by atoms with Crippen molar-refractivity contribution >= 4 is 38.6 Å². The van der Waals surface area contributed by atoms with Gasteiger partial charge in [-0.2, -0.15) is 0 Å². The number of nitrogens with zero attached hydrogens (tertiary/aromatic N) is 2. The molecule has 0 spiro atoms. The highest BCUT2D eigenvalue weighted by atomic mass is 79.9. The molecule has 1 aromatic heterocycles. The number of benzene rings is 2. The molecule has 0 saturated carbocycles. The number of halogens is 2. The van der Waals surface area contributed by atoms with Crippen molar-refractivity contribution in [2.24, 2.45) is 0 Å². The second-order valence-electron chi connectivity index (χ2n) is 5.33. The van der Waals surface area contributed by atoms with Gasteiger partial charge in [0.05, 0.1) is 22.6 Å². The van der Waals surface area contributed by atoms with Gasteiger partial charge in [-0.3, -0.25) is 4.57 Å². The summed E-state index contributed by atoms with van der Waals surface area (Å²) in [6.07, 6.45) is 0. The molecule has 3 rings (SSSR count). The Morgan fingerprint density at radius 3 is 2.38 bits per heavy atom. The van der Waals surface area contributed by atoms with E-state index in [9.17, 15) is 0 Å². The lowest BCUT2D eigenvalue weighted by Crippen LogP contribution is -2.05. The summed E-state index contributed by atoms with van der Waals surface area (Å²) >= 11 is 9.71. The van der Waals surface area contributed by atoms with E-state index in [1.165, 1.54) is 22.4 Å². The zero-order valence-electron chi connectivity index (χ0n) is 12.2. The van der Waals surface area contributed by atoms with Crippen molar-refractivity contribution in [2.45, 2.75) is 26.7 Å². The van der Waals surface area contributed by atoms with Gasteiger partial charge in [0.15, 0.2) is 0 Å². The predicted octanol–water partition coefficient (Wildman–Crippen LogP) is 5.45. The molecule has 108 valence electrons. The molecule has 0 bridgehead atoms. The van der Waals surface area contributed by atoms with Gasteiger partial charge >= 0.3 is 0 Å². The van der Waals surface area contributed by atoms with E-state index >= 15 is 0 Å². The van der Waals surface area contributed by atoms with Crippen molar-refractivity contribution in [1.82, 2.24) is 9.55 Å². The molecule has 0 radical (unpaired) electrons. The minimum atomic E-state index is 0.392. The Kier molecular flexibility index (Phi) is 3.80. The molecule has 0 N–H and O–H groups in total. The fraction of sp³-hybridized carbons (Fsp3) is 0.235. The number of alkyl halides is 1. The molecule has 1 heterocycles. The maximum Gasteiger partial charge on any atom is 0.129 e. The van der Waals surface area contributed by atoms with Crippen LogP contribution in [-0.2, 0) is 5.88 Å².